The second kappa shape index (κ2) is 8.11. The van der Waals surface area contributed by atoms with E-state index < -0.39 is 0 Å². The maximum Gasteiger partial charge on any atom is 0.223 e. The van der Waals surface area contributed by atoms with Crippen LogP contribution in [0.4, 0.5) is 0 Å². The van der Waals surface area contributed by atoms with E-state index in [1.807, 2.05) is 49.4 Å². The van der Waals surface area contributed by atoms with Crippen molar-refractivity contribution >= 4 is 17.5 Å². The van der Waals surface area contributed by atoms with Gasteiger partial charge < -0.3 is 15.8 Å². The quantitative estimate of drug-likeness (QED) is 0.834. The highest BCUT2D eigenvalue weighted by Crippen LogP contribution is 2.33. The number of halogens is 1. The third-order valence-corrected chi connectivity index (χ3v) is 5.48. The second-order valence-electron chi connectivity index (χ2n) is 6.96. The first kappa shape index (κ1) is 18.7. The van der Waals surface area contributed by atoms with Crippen LogP contribution in [-0.4, -0.2) is 19.1 Å². The Morgan fingerprint density at radius 1 is 1.23 bits per heavy atom. The molecule has 138 valence electrons. The Hall–Kier alpha value is -2.04. The normalized spacial score (nSPS) is 20.6. The Labute approximate surface area is 159 Å². The van der Waals surface area contributed by atoms with Gasteiger partial charge >= 0.3 is 0 Å². The molecule has 0 aromatic heterocycles. The van der Waals surface area contributed by atoms with Crippen molar-refractivity contribution in [1.29, 1.82) is 0 Å². The molecule has 1 saturated carbocycles. The smallest absolute Gasteiger partial charge is 0.223 e. The van der Waals surface area contributed by atoms with Crippen LogP contribution in [0.15, 0.2) is 42.5 Å². The summed E-state index contributed by atoms with van der Waals surface area (Å²) in [6.45, 7) is 2.01. The lowest BCUT2D eigenvalue weighted by atomic mass is 9.93. The van der Waals surface area contributed by atoms with E-state index in [0.717, 1.165) is 41.7 Å². The summed E-state index contributed by atoms with van der Waals surface area (Å²) in [6, 6.07) is 13.3. The summed E-state index contributed by atoms with van der Waals surface area (Å²) in [4.78, 5) is 12.9. The molecule has 0 aliphatic heterocycles. The average Bonchev–Trinajstić information content (AvgIpc) is 3.07. The van der Waals surface area contributed by atoms with Crippen molar-refractivity contribution in [1.82, 2.24) is 5.32 Å². The number of methoxy groups -OCH3 is 1. The monoisotopic (exact) mass is 372 g/mol. The van der Waals surface area contributed by atoms with Crippen molar-refractivity contribution in [2.24, 2.45) is 11.7 Å². The Kier molecular flexibility index (Phi) is 5.84. The van der Waals surface area contributed by atoms with Crippen LogP contribution in [0.25, 0.3) is 0 Å². The molecule has 2 aromatic rings. The minimum absolute atomic E-state index is 0.0338. The van der Waals surface area contributed by atoms with Gasteiger partial charge in [0.1, 0.15) is 5.75 Å². The van der Waals surface area contributed by atoms with E-state index in [9.17, 15) is 4.79 Å². The van der Waals surface area contributed by atoms with Gasteiger partial charge in [-0.25, -0.2) is 0 Å². The number of benzene rings is 2. The van der Waals surface area contributed by atoms with Crippen molar-refractivity contribution in [2.45, 2.75) is 38.3 Å². The molecule has 5 heteroatoms. The molecule has 0 heterocycles. The molecule has 4 nitrogen and oxygen atoms in total. The van der Waals surface area contributed by atoms with Crippen molar-refractivity contribution in [3.63, 3.8) is 0 Å². The van der Waals surface area contributed by atoms with E-state index in [2.05, 4.69) is 5.32 Å². The maximum atomic E-state index is 12.9. The van der Waals surface area contributed by atoms with Crippen LogP contribution >= 0.6 is 11.6 Å². The highest BCUT2D eigenvalue weighted by molar-refractivity contribution is 6.31. The predicted molar refractivity (Wildman–Crippen MR) is 104 cm³/mol. The summed E-state index contributed by atoms with van der Waals surface area (Å²) >= 11 is 6.45. The van der Waals surface area contributed by atoms with Crippen LogP contribution in [-0.2, 0) is 4.79 Å². The number of hydrogen-bond acceptors (Lipinski definition) is 3. The summed E-state index contributed by atoms with van der Waals surface area (Å²) in [7, 11) is 1.64. The molecule has 0 bridgehead atoms. The van der Waals surface area contributed by atoms with E-state index in [1.54, 1.807) is 7.11 Å². The van der Waals surface area contributed by atoms with E-state index in [0.29, 0.717) is 5.02 Å². The Balaban J connectivity index is 1.95. The van der Waals surface area contributed by atoms with Crippen molar-refractivity contribution in [3.05, 3.63) is 64.2 Å². The van der Waals surface area contributed by atoms with Gasteiger partial charge in [0.25, 0.3) is 0 Å². The number of aryl methyl sites for hydroxylation is 1. The van der Waals surface area contributed by atoms with Crippen LogP contribution in [0.2, 0.25) is 5.02 Å². The molecule has 0 saturated heterocycles. The minimum atomic E-state index is -0.307. The van der Waals surface area contributed by atoms with Gasteiger partial charge in [-0.15, -0.1) is 0 Å². The second-order valence-corrected chi connectivity index (χ2v) is 7.36. The van der Waals surface area contributed by atoms with Crippen LogP contribution in [0.1, 0.15) is 42.0 Å². The summed E-state index contributed by atoms with van der Waals surface area (Å²) in [5.74, 6) is 0.795. The Bertz CT molecular complexity index is 793. The summed E-state index contributed by atoms with van der Waals surface area (Å²) in [5, 5.41) is 3.85. The Morgan fingerprint density at radius 2 is 2.00 bits per heavy atom. The first-order valence-corrected chi connectivity index (χ1v) is 9.32. The van der Waals surface area contributed by atoms with Gasteiger partial charge in [-0.1, -0.05) is 35.9 Å². The lowest BCUT2D eigenvalue weighted by molar-refractivity contribution is -0.125. The van der Waals surface area contributed by atoms with Crippen LogP contribution < -0.4 is 15.8 Å². The van der Waals surface area contributed by atoms with Gasteiger partial charge in [0.05, 0.1) is 13.2 Å². The molecule has 3 atom stereocenters. The minimum Gasteiger partial charge on any atom is -0.497 e. The number of carbonyl (C=O) groups excluding carboxylic acids is 1. The topological polar surface area (TPSA) is 64.3 Å². The number of ether oxygens (including phenoxy) is 1. The molecular weight excluding hydrogens is 348 g/mol. The van der Waals surface area contributed by atoms with E-state index in [1.165, 1.54) is 0 Å². The molecule has 0 spiro atoms. The van der Waals surface area contributed by atoms with Gasteiger partial charge in [0.2, 0.25) is 5.91 Å². The number of amides is 1. The van der Waals surface area contributed by atoms with Crippen molar-refractivity contribution in [2.75, 3.05) is 7.11 Å². The number of nitrogens with two attached hydrogens (primary N) is 1. The standard InChI is InChI=1S/C21H25ClN2O2/c1-13-11-16(26-2)9-10-17(13)20(18-5-3-4-6-19(18)22)24-21(25)14-7-8-15(23)12-14/h3-6,9-11,14-15,20H,7-8,12,23H2,1-2H3,(H,24,25). The lowest BCUT2D eigenvalue weighted by Crippen LogP contribution is -2.34. The third kappa shape index (κ3) is 4.02. The fourth-order valence-corrected chi connectivity index (χ4v) is 3.89. The van der Waals surface area contributed by atoms with E-state index >= 15 is 0 Å². The first-order valence-electron chi connectivity index (χ1n) is 8.94. The lowest BCUT2D eigenvalue weighted by Gasteiger charge is -2.24. The van der Waals surface area contributed by atoms with Crippen LogP contribution in [0.3, 0.4) is 0 Å². The molecule has 3 unspecified atom stereocenters. The number of hydrogen-bond donors (Lipinski definition) is 2. The van der Waals surface area contributed by atoms with Gasteiger partial charge in [-0.3, -0.25) is 4.79 Å². The Morgan fingerprint density at radius 3 is 2.62 bits per heavy atom. The number of nitrogens with one attached hydrogen (secondary N) is 1. The van der Waals surface area contributed by atoms with E-state index in [4.69, 9.17) is 22.1 Å². The van der Waals surface area contributed by atoms with Crippen molar-refractivity contribution in [3.8, 4) is 5.75 Å². The van der Waals surface area contributed by atoms with E-state index in [-0.39, 0.29) is 23.9 Å². The number of carbonyl (C=O) groups is 1. The molecule has 26 heavy (non-hydrogen) atoms. The van der Waals surface area contributed by atoms with Gasteiger partial charge in [-0.2, -0.15) is 0 Å². The van der Waals surface area contributed by atoms with Gasteiger partial charge in [0.15, 0.2) is 0 Å². The molecule has 1 aliphatic rings. The molecule has 3 rings (SSSR count). The van der Waals surface area contributed by atoms with Crippen LogP contribution in [0.5, 0.6) is 5.75 Å². The summed E-state index contributed by atoms with van der Waals surface area (Å²) < 4.78 is 5.31. The molecule has 1 fully saturated rings. The largest absolute Gasteiger partial charge is 0.497 e. The highest BCUT2D eigenvalue weighted by atomic mass is 35.5. The van der Waals surface area contributed by atoms with Crippen molar-refractivity contribution < 1.29 is 9.53 Å². The molecular formula is C21H25ClN2O2. The zero-order chi connectivity index (χ0) is 18.7. The average molecular weight is 373 g/mol. The zero-order valence-corrected chi connectivity index (χ0v) is 15.9. The maximum absolute atomic E-state index is 12.9. The molecule has 3 N–H and O–H groups in total. The van der Waals surface area contributed by atoms with Gasteiger partial charge in [-0.05, 0) is 61.1 Å². The fourth-order valence-electron chi connectivity index (χ4n) is 3.65. The summed E-state index contributed by atoms with van der Waals surface area (Å²) in [6.07, 6.45) is 2.48. The molecule has 1 amide bonds. The third-order valence-electron chi connectivity index (χ3n) is 5.13. The first-order chi connectivity index (χ1) is 12.5. The SMILES string of the molecule is COc1ccc(C(NC(=O)C2CCC(N)C2)c2ccccc2Cl)c(C)c1. The highest BCUT2D eigenvalue weighted by Gasteiger charge is 2.30. The van der Waals surface area contributed by atoms with Crippen LogP contribution in [0, 0.1) is 12.8 Å². The fraction of sp³-hybridized carbons (Fsp3) is 0.381. The molecule has 0 radical (unpaired) electrons. The predicted octanol–water partition coefficient (Wildman–Crippen LogP) is 3.99. The molecule has 2 aromatic carbocycles. The number of rotatable bonds is 5. The summed E-state index contributed by atoms with van der Waals surface area (Å²) in [5.41, 5.74) is 8.92. The zero-order valence-electron chi connectivity index (χ0n) is 15.2. The molecule has 1 aliphatic carbocycles. The van der Waals surface area contributed by atoms with Gasteiger partial charge in [0, 0.05) is 17.0 Å².